The maximum absolute atomic E-state index is 11.5. The second kappa shape index (κ2) is 6.22. The Morgan fingerprint density at radius 3 is 2.59 bits per heavy atom. The third-order valence-corrected chi connectivity index (χ3v) is 2.94. The van der Waals surface area contributed by atoms with Gasteiger partial charge in [-0.15, -0.1) is 0 Å². The molecule has 1 atom stereocenters. The van der Waals surface area contributed by atoms with Gasteiger partial charge in [-0.05, 0) is 12.8 Å². The molecule has 0 aromatic carbocycles. The molecule has 0 bridgehead atoms. The number of nitrogens with two attached hydrogens (primary N) is 1. The van der Waals surface area contributed by atoms with Gasteiger partial charge in [0.25, 0.3) is 0 Å². The molecule has 17 heavy (non-hydrogen) atoms. The van der Waals surface area contributed by atoms with Gasteiger partial charge in [0.05, 0.1) is 5.92 Å². The van der Waals surface area contributed by atoms with Gasteiger partial charge in [-0.3, -0.25) is 14.4 Å². The van der Waals surface area contributed by atoms with E-state index in [4.69, 9.17) is 10.8 Å². The van der Waals surface area contributed by atoms with Gasteiger partial charge < -0.3 is 15.7 Å². The van der Waals surface area contributed by atoms with Crippen LogP contribution >= 0.6 is 0 Å². The van der Waals surface area contributed by atoms with E-state index in [0.717, 1.165) is 12.8 Å². The number of carboxylic acids is 1. The Bertz CT molecular complexity index is 317. The molecular weight excluding hydrogens is 224 g/mol. The van der Waals surface area contributed by atoms with Crippen LogP contribution in [0.1, 0.15) is 32.1 Å². The van der Waals surface area contributed by atoms with Crippen molar-refractivity contribution in [1.82, 2.24) is 4.90 Å². The summed E-state index contributed by atoms with van der Waals surface area (Å²) in [5.41, 5.74) is 5.15. The van der Waals surface area contributed by atoms with Crippen LogP contribution in [0, 0.1) is 5.92 Å². The minimum Gasteiger partial charge on any atom is -0.481 e. The zero-order chi connectivity index (χ0) is 12.8. The lowest BCUT2D eigenvalue weighted by atomic mass is 10.1. The van der Waals surface area contributed by atoms with Crippen molar-refractivity contribution in [2.24, 2.45) is 11.7 Å². The van der Waals surface area contributed by atoms with Crippen molar-refractivity contribution in [3.8, 4) is 0 Å². The average Bonchev–Trinajstić information content (AvgIpc) is 2.59. The number of carboxylic acid groups (broad SMARTS) is 1. The van der Waals surface area contributed by atoms with E-state index in [2.05, 4.69) is 0 Å². The second-order valence-corrected chi connectivity index (χ2v) is 4.35. The predicted octanol–water partition coefficient (Wildman–Crippen LogP) is -0.0348. The van der Waals surface area contributed by atoms with Gasteiger partial charge >= 0.3 is 5.97 Å². The van der Waals surface area contributed by atoms with Crippen LogP contribution < -0.4 is 5.73 Å². The number of nitrogens with zero attached hydrogens (tertiary/aromatic N) is 1. The molecule has 0 spiro atoms. The minimum absolute atomic E-state index is 0.0352. The number of primary amides is 1. The van der Waals surface area contributed by atoms with Gasteiger partial charge in [0.2, 0.25) is 11.8 Å². The number of unbranched alkanes of at least 4 members (excludes halogenated alkanes) is 2. The standard InChI is InChI=1S/C11H18N2O4/c12-11(17)8-6-9(14)13(7-8)5-3-1-2-4-10(15)16/h8H,1-7H2,(H2,12,17)(H,15,16). The minimum atomic E-state index is -0.795. The lowest BCUT2D eigenvalue weighted by molar-refractivity contribution is -0.137. The summed E-state index contributed by atoms with van der Waals surface area (Å²) in [7, 11) is 0. The molecule has 1 heterocycles. The molecule has 0 saturated carbocycles. The van der Waals surface area contributed by atoms with Crippen molar-refractivity contribution in [2.45, 2.75) is 32.1 Å². The summed E-state index contributed by atoms with van der Waals surface area (Å²) in [4.78, 5) is 34.3. The van der Waals surface area contributed by atoms with E-state index in [-0.39, 0.29) is 24.7 Å². The quantitative estimate of drug-likeness (QED) is 0.612. The van der Waals surface area contributed by atoms with Gasteiger partial charge in [-0.2, -0.15) is 0 Å². The lowest BCUT2D eigenvalue weighted by Crippen LogP contribution is -2.29. The van der Waals surface area contributed by atoms with Crippen molar-refractivity contribution < 1.29 is 19.5 Å². The molecule has 1 saturated heterocycles. The molecule has 1 aliphatic rings. The molecule has 0 aliphatic carbocycles. The first-order valence-electron chi connectivity index (χ1n) is 5.79. The van der Waals surface area contributed by atoms with Crippen LogP contribution in [-0.4, -0.2) is 40.9 Å². The highest BCUT2D eigenvalue weighted by molar-refractivity contribution is 5.88. The zero-order valence-corrected chi connectivity index (χ0v) is 9.72. The van der Waals surface area contributed by atoms with E-state index in [9.17, 15) is 14.4 Å². The van der Waals surface area contributed by atoms with E-state index >= 15 is 0 Å². The van der Waals surface area contributed by atoms with E-state index in [0.29, 0.717) is 19.5 Å². The molecule has 3 N–H and O–H groups in total. The van der Waals surface area contributed by atoms with Crippen LogP contribution in [0.4, 0.5) is 0 Å². The Morgan fingerprint density at radius 2 is 2.06 bits per heavy atom. The Hall–Kier alpha value is -1.59. The Kier molecular flexibility index (Phi) is 4.93. The van der Waals surface area contributed by atoms with E-state index in [1.807, 2.05) is 0 Å². The monoisotopic (exact) mass is 242 g/mol. The highest BCUT2D eigenvalue weighted by atomic mass is 16.4. The number of likely N-dealkylation sites (tertiary alicyclic amines) is 1. The fourth-order valence-electron chi connectivity index (χ4n) is 1.93. The Balaban J connectivity index is 2.17. The molecule has 6 nitrogen and oxygen atoms in total. The van der Waals surface area contributed by atoms with E-state index in [1.165, 1.54) is 0 Å². The van der Waals surface area contributed by atoms with Gasteiger partial charge in [0, 0.05) is 25.9 Å². The fourth-order valence-corrected chi connectivity index (χ4v) is 1.93. The number of aliphatic carboxylic acids is 1. The van der Waals surface area contributed by atoms with Crippen molar-refractivity contribution in [1.29, 1.82) is 0 Å². The van der Waals surface area contributed by atoms with Crippen LogP contribution in [0.3, 0.4) is 0 Å². The highest BCUT2D eigenvalue weighted by Crippen LogP contribution is 2.17. The fraction of sp³-hybridized carbons (Fsp3) is 0.727. The van der Waals surface area contributed by atoms with Gasteiger partial charge in [-0.25, -0.2) is 0 Å². The second-order valence-electron chi connectivity index (χ2n) is 4.35. The summed E-state index contributed by atoms with van der Waals surface area (Å²) in [5, 5.41) is 8.45. The molecule has 0 aromatic rings. The topological polar surface area (TPSA) is 101 Å². The molecule has 6 heteroatoms. The third-order valence-electron chi connectivity index (χ3n) is 2.94. The summed E-state index contributed by atoms with van der Waals surface area (Å²) >= 11 is 0. The normalized spacial score (nSPS) is 19.6. The van der Waals surface area contributed by atoms with Gasteiger partial charge in [-0.1, -0.05) is 6.42 Å². The van der Waals surface area contributed by atoms with Gasteiger partial charge in [0.15, 0.2) is 0 Å². The molecule has 2 amide bonds. The number of amides is 2. The third kappa shape index (κ3) is 4.42. The molecule has 0 radical (unpaired) electrons. The summed E-state index contributed by atoms with van der Waals surface area (Å²) in [6.45, 7) is 0.995. The Labute approximate surface area is 99.8 Å². The maximum Gasteiger partial charge on any atom is 0.303 e. The van der Waals surface area contributed by atoms with Crippen LogP contribution in [0.2, 0.25) is 0 Å². The first-order valence-corrected chi connectivity index (χ1v) is 5.79. The summed E-state index contributed by atoms with van der Waals surface area (Å²) in [5.74, 6) is -1.61. The van der Waals surface area contributed by atoms with Crippen molar-refractivity contribution in [3.63, 3.8) is 0 Å². The predicted molar refractivity (Wildman–Crippen MR) is 60.0 cm³/mol. The van der Waals surface area contributed by atoms with Crippen LogP contribution in [0.25, 0.3) is 0 Å². The first-order chi connectivity index (χ1) is 8.00. The molecule has 1 fully saturated rings. The first kappa shape index (κ1) is 13.5. The number of hydrogen-bond acceptors (Lipinski definition) is 3. The van der Waals surface area contributed by atoms with Crippen molar-refractivity contribution >= 4 is 17.8 Å². The number of hydrogen-bond donors (Lipinski definition) is 2. The summed E-state index contributed by atoms with van der Waals surface area (Å²) < 4.78 is 0. The lowest BCUT2D eigenvalue weighted by Gasteiger charge is -2.15. The van der Waals surface area contributed by atoms with Crippen molar-refractivity contribution in [3.05, 3.63) is 0 Å². The molecule has 0 aromatic heterocycles. The number of carbonyl (C=O) groups excluding carboxylic acids is 2. The van der Waals surface area contributed by atoms with Crippen LogP contribution in [0.15, 0.2) is 0 Å². The summed E-state index contributed by atoms with van der Waals surface area (Å²) in [6, 6.07) is 0. The largest absolute Gasteiger partial charge is 0.481 e. The maximum atomic E-state index is 11.5. The van der Waals surface area contributed by atoms with Crippen LogP contribution in [0.5, 0.6) is 0 Å². The summed E-state index contributed by atoms with van der Waals surface area (Å²) in [6.07, 6.45) is 2.54. The van der Waals surface area contributed by atoms with E-state index < -0.39 is 11.9 Å². The Morgan fingerprint density at radius 1 is 1.35 bits per heavy atom. The SMILES string of the molecule is NC(=O)C1CC(=O)N(CCCCCC(=O)O)C1. The molecule has 1 unspecified atom stereocenters. The van der Waals surface area contributed by atoms with Gasteiger partial charge in [0.1, 0.15) is 0 Å². The number of carbonyl (C=O) groups is 3. The van der Waals surface area contributed by atoms with E-state index in [1.54, 1.807) is 4.90 Å². The highest BCUT2D eigenvalue weighted by Gasteiger charge is 2.32. The molecular formula is C11H18N2O4. The zero-order valence-electron chi connectivity index (χ0n) is 9.72. The van der Waals surface area contributed by atoms with Crippen LogP contribution in [-0.2, 0) is 14.4 Å². The molecule has 1 rings (SSSR count). The average molecular weight is 242 g/mol. The molecule has 1 aliphatic heterocycles. The smallest absolute Gasteiger partial charge is 0.303 e. The number of rotatable bonds is 7. The van der Waals surface area contributed by atoms with Crippen molar-refractivity contribution in [2.75, 3.05) is 13.1 Å². The molecule has 96 valence electrons.